The number of benzene rings is 3. The molecule has 0 N–H and O–H groups in total. The van der Waals surface area contributed by atoms with Crippen molar-refractivity contribution in [3.05, 3.63) is 82.3 Å². The molecule has 0 saturated carbocycles. The summed E-state index contributed by atoms with van der Waals surface area (Å²) < 4.78 is 9.14. The molecule has 3 nitrogen and oxygen atoms in total. The Balaban J connectivity index is 1.57. The van der Waals surface area contributed by atoms with Crippen LogP contribution in [0.4, 0.5) is 0 Å². The third kappa shape index (κ3) is 4.02. The van der Waals surface area contributed by atoms with Crippen molar-refractivity contribution in [2.24, 2.45) is 0 Å². The van der Waals surface area contributed by atoms with Gasteiger partial charge in [0.2, 0.25) is 0 Å². The summed E-state index contributed by atoms with van der Waals surface area (Å²) in [7, 11) is 0. The lowest BCUT2D eigenvalue weighted by Gasteiger charge is -2.11. The molecular formula is C22H18BrClN2O. The van der Waals surface area contributed by atoms with Gasteiger partial charge in [-0.3, -0.25) is 0 Å². The Labute approximate surface area is 171 Å². The molecule has 0 spiro atoms. The van der Waals surface area contributed by atoms with Crippen LogP contribution in [0.25, 0.3) is 22.4 Å². The third-order valence-electron chi connectivity index (χ3n) is 4.36. The van der Waals surface area contributed by atoms with Crippen LogP contribution in [0.15, 0.2) is 77.3 Å². The molecule has 0 aliphatic heterocycles. The molecule has 136 valence electrons. The molecule has 0 aliphatic carbocycles. The fourth-order valence-corrected chi connectivity index (χ4v) is 3.71. The molecule has 0 aliphatic rings. The van der Waals surface area contributed by atoms with E-state index in [2.05, 4.69) is 38.7 Å². The monoisotopic (exact) mass is 440 g/mol. The van der Waals surface area contributed by atoms with Crippen molar-refractivity contribution in [2.45, 2.75) is 13.0 Å². The van der Waals surface area contributed by atoms with Crippen LogP contribution in [0.1, 0.15) is 6.42 Å². The van der Waals surface area contributed by atoms with Crippen LogP contribution < -0.4 is 4.74 Å². The fourth-order valence-electron chi connectivity index (χ4n) is 3.12. The Hall–Kier alpha value is -2.30. The van der Waals surface area contributed by atoms with Gasteiger partial charge in [-0.1, -0.05) is 63.9 Å². The minimum absolute atomic E-state index is 0.591. The summed E-state index contributed by atoms with van der Waals surface area (Å²) in [6.07, 6.45) is 0.854. The molecule has 3 aromatic carbocycles. The van der Waals surface area contributed by atoms with E-state index in [0.717, 1.165) is 45.6 Å². The summed E-state index contributed by atoms with van der Waals surface area (Å²) in [4.78, 5) is 4.86. The lowest BCUT2D eigenvalue weighted by Crippen LogP contribution is -2.06. The number of fused-ring (bicyclic) bond motifs is 1. The maximum atomic E-state index is 6.16. The molecule has 1 aromatic heterocycles. The molecule has 5 heteroatoms. The zero-order chi connectivity index (χ0) is 18.6. The van der Waals surface area contributed by atoms with Crippen molar-refractivity contribution in [1.82, 2.24) is 9.55 Å². The molecule has 4 rings (SSSR count). The number of halogens is 2. The predicted octanol–water partition coefficient (Wildman–Crippen LogP) is 6.59. The highest BCUT2D eigenvalue weighted by Crippen LogP contribution is 2.27. The Morgan fingerprint density at radius 1 is 0.963 bits per heavy atom. The maximum absolute atomic E-state index is 6.16. The SMILES string of the molecule is Clc1ccccc1OCCCn1c(-c2cccc(Br)c2)nc2ccccc21. The van der Waals surface area contributed by atoms with Crippen LogP contribution >= 0.6 is 27.5 Å². The highest BCUT2D eigenvalue weighted by Gasteiger charge is 2.12. The van der Waals surface area contributed by atoms with Crippen LogP contribution in [-0.2, 0) is 6.54 Å². The minimum atomic E-state index is 0.591. The number of ether oxygens (including phenoxy) is 1. The number of nitrogens with zero attached hydrogens (tertiary/aromatic N) is 2. The van der Waals surface area contributed by atoms with Gasteiger partial charge in [0, 0.05) is 16.6 Å². The Morgan fingerprint density at radius 2 is 1.78 bits per heavy atom. The molecule has 0 unspecified atom stereocenters. The topological polar surface area (TPSA) is 27.1 Å². The van der Waals surface area contributed by atoms with Gasteiger partial charge in [-0.25, -0.2) is 4.98 Å². The lowest BCUT2D eigenvalue weighted by molar-refractivity contribution is 0.303. The van der Waals surface area contributed by atoms with E-state index < -0.39 is 0 Å². The van der Waals surface area contributed by atoms with Crippen LogP contribution in [0.5, 0.6) is 5.75 Å². The maximum Gasteiger partial charge on any atom is 0.141 e. The summed E-state index contributed by atoms with van der Waals surface area (Å²) >= 11 is 9.71. The van der Waals surface area contributed by atoms with Gasteiger partial charge < -0.3 is 9.30 Å². The van der Waals surface area contributed by atoms with Crippen molar-refractivity contribution in [3.8, 4) is 17.1 Å². The minimum Gasteiger partial charge on any atom is -0.492 e. The van der Waals surface area contributed by atoms with E-state index >= 15 is 0 Å². The van der Waals surface area contributed by atoms with Gasteiger partial charge in [0.05, 0.1) is 22.7 Å². The Kier molecular flexibility index (Phi) is 5.46. The summed E-state index contributed by atoms with van der Waals surface area (Å²) in [5, 5.41) is 0.639. The second-order valence-corrected chi connectivity index (χ2v) is 7.54. The van der Waals surface area contributed by atoms with E-state index in [1.807, 2.05) is 54.6 Å². The van der Waals surface area contributed by atoms with Crippen LogP contribution in [0.3, 0.4) is 0 Å². The highest BCUT2D eigenvalue weighted by molar-refractivity contribution is 9.10. The first-order valence-electron chi connectivity index (χ1n) is 8.81. The van der Waals surface area contributed by atoms with Gasteiger partial charge in [0.15, 0.2) is 0 Å². The first kappa shape index (κ1) is 18.1. The van der Waals surface area contributed by atoms with Gasteiger partial charge in [0.1, 0.15) is 11.6 Å². The van der Waals surface area contributed by atoms with Crippen molar-refractivity contribution in [2.75, 3.05) is 6.61 Å². The molecular weight excluding hydrogens is 424 g/mol. The number of para-hydroxylation sites is 3. The number of rotatable bonds is 6. The second kappa shape index (κ2) is 8.15. The molecule has 1 heterocycles. The second-order valence-electron chi connectivity index (χ2n) is 6.22. The number of aromatic nitrogens is 2. The van der Waals surface area contributed by atoms with Crippen LogP contribution in [-0.4, -0.2) is 16.2 Å². The number of hydrogen-bond acceptors (Lipinski definition) is 2. The average molecular weight is 442 g/mol. The molecule has 4 aromatic rings. The molecule has 0 radical (unpaired) electrons. The molecule has 0 bridgehead atoms. The number of imidazole rings is 1. The Bertz CT molecular complexity index is 1080. The zero-order valence-electron chi connectivity index (χ0n) is 14.6. The summed E-state index contributed by atoms with van der Waals surface area (Å²) in [6.45, 7) is 1.40. The van der Waals surface area contributed by atoms with E-state index in [1.54, 1.807) is 0 Å². The van der Waals surface area contributed by atoms with E-state index in [4.69, 9.17) is 21.3 Å². The van der Waals surface area contributed by atoms with Gasteiger partial charge in [-0.05, 0) is 42.8 Å². The zero-order valence-corrected chi connectivity index (χ0v) is 17.0. The number of hydrogen-bond donors (Lipinski definition) is 0. The lowest BCUT2D eigenvalue weighted by atomic mass is 10.2. The van der Waals surface area contributed by atoms with Crippen LogP contribution in [0, 0.1) is 0 Å². The van der Waals surface area contributed by atoms with E-state index in [1.165, 1.54) is 0 Å². The van der Waals surface area contributed by atoms with E-state index in [9.17, 15) is 0 Å². The smallest absolute Gasteiger partial charge is 0.141 e. The summed E-state index contributed by atoms with van der Waals surface area (Å²) in [5.41, 5.74) is 3.22. The predicted molar refractivity (Wildman–Crippen MR) is 114 cm³/mol. The molecule has 27 heavy (non-hydrogen) atoms. The van der Waals surface area contributed by atoms with Crippen molar-refractivity contribution in [1.29, 1.82) is 0 Å². The standard InChI is InChI=1S/C22H18BrClN2O/c23-17-8-5-7-16(15-17)22-25-19-10-2-3-11-20(19)26(22)13-6-14-27-21-12-4-1-9-18(21)24/h1-5,7-12,15H,6,13-14H2. The fraction of sp³-hybridized carbons (Fsp3) is 0.136. The van der Waals surface area contributed by atoms with E-state index in [0.29, 0.717) is 11.6 Å². The van der Waals surface area contributed by atoms with Crippen molar-refractivity contribution in [3.63, 3.8) is 0 Å². The average Bonchev–Trinajstić information content (AvgIpc) is 3.05. The van der Waals surface area contributed by atoms with Crippen molar-refractivity contribution >= 4 is 38.6 Å². The largest absolute Gasteiger partial charge is 0.492 e. The first-order valence-corrected chi connectivity index (χ1v) is 9.98. The normalized spacial score (nSPS) is 11.0. The third-order valence-corrected chi connectivity index (χ3v) is 5.16. The molecule has 0 atom stereocenters. The Morgan fingerprint density at radius 3 is 2.63 bits per heavy atom. The van der Waals surface area contributed by atoms with Gasteiger partial charge in [-0.2, -0.15) is 0 Å². The van der Waals surface area contributed by atoms with E-state index in [-0.39, 0.29) is 0 Å². The van der Waals surface area contributed by atoms with Crippen molar-refractivity contribution < 1.29 is 4.74 Å². The summed E-state index contributed by atoms with van der Waals surface area (Å²) in [5.74, 6) is 1.69. The highest BCUT2D eigenvalue weighted by atomic mass is 79.9. The quantitative estimate of drug-likeness (QED) is 0.316. The molecule has 0 fully saturated rings. The summed E-state index contributed by atoms with van der Waals surface area (Å²) in [6, 6.07) is 24.0. The van der Waals surface area contributed by atoms with Crippen LogP contribution in [0.2, 0.25) is 5.02 Å². The number of aryl methyl sites for hydroxylation is 1. The first-order chi connectivity index (χ1) is 13.2. The van der Waals surface area contributed by atoms with Gasteiger partial charge in [0.25, 0.3) is 0 Å². The van der Waals surface area contributed by atoms with Gasteiger partial charge in [-0.15, -0.1) is 0 Å². The molecule has 0 amide bonds. The van der Waals surface area contributed by atoms with Gasteiger partial charge >= 0.3 is 0 Å². The molecule has 0 saturated heterocycles.